The van der Waals surface area contributed by atoms with Crippen molar-refractivity contribution in [1.29, 1.82) is 0 Å². The highest BCUT2D eigenvalue weighted by molar-refractivity contribution is 7.90. The van der Waals surface area contributed by atoms with Crippen molar-refractivity contribution in [2.24, 2.45) is 4.99 Å². The van der Waals surface area contributed by atoms with Gasteiger partial charge in [0.05, 0.1) is 10.9 Å². The average Bonchev–Trinajstić information content (AvgIpc) is 2.62. The summed E-state index contributed by atoms with van der Waals surface area (Å²) in [6, 6.07) is 7.16. The van der Waals surface area contributed by atoms with Gasteiger partial charge in [0.25, 0.3) is 10.0 Å². The van der Waals surface area contributed by atoms with Gasteiger partial charge in [-0.2, -0.15) is 0 Å². The number of sulfonamides is 1. The summed E-state index contributed by atoms with van der Waals surface area (Å²) in [6.07, 6.45) is 2.12. The highest BCUT2D eigenvalue weighted by Crippen LogP contribution is 2.23. The van der Waals surface area contributed by atoms with Crippen molar-refractivity contribution in [3.63, 3.8) is 0 Å². The first-order valence-corrected chi connectivity index (χ1v) is 7.93. The molecule has 0 aromatic heterocycles. The van der Waals surface area contributed by atoms with Crippen molar-refractivity contribution in [2.75, 3.05) is 20.1 Å². The fraction of sp³-hybridized carbons (Fsp3) is 0.462. The summed E-state index contributed by atoms with van der Waals surface area (Å²) in [4.78, 5) is 7.17. The number of rotatable bonds is 1. The number of hydrogen-bond acceptors (Lipinski definition) is 4. The molecular weight excluding hydrogens is 262 g/mol. The van der Waals surface area contributed by atoms with E-state index >= 15 is 0 Å². The lowest BCUT2D eigenvalue weighted by Gasteiger charge is -2.27. The molecule has 0 radical (unpaired) electrons. The molecule has 0 bridgehead atoms. The van der Waals surface area contributed by atoms with E-state index in [0.717, 1.165) is 25.9 Å². The Bertz CT molecular complexity index is 625. The van der Waals surface area contributed by atoms with Crippen molar-refractivity contribution >= 4 is 15.9 Å². The summed E-state index contributed by atoms with van der Waals surface area (Å²) in [5.41, 5.74) is 0.690. The molecule has 1 atom stereocenters. The first-order chi connectivity index (χ1) is 9.06. The Kier molecular flexibility index (Phi) is 3.06. The van der Waals surface area contributed by atoms with Gasteiger partial charge in [-0.05, 0) is 38.6 Å². The van der Waals surface area contributed by atoms with Crippen LogP contribution < -0.4 is 4.72 Å². The van der Waals surface area contributed by atoms with Gasteiger partial charge in [-0.15, -0.1) is 0 Å². The second-order valence-corrected chi connectivity index (χ2v) is 6.79. The first-order valence-electron chi connectivity index (χ1n) is 6.45. The molecule has 2 aliphatic heterocycles. The average molecular weight is 279 g/mol. The Labute approximate surface area is 113 Å². The zero-order valence-electron chi connectivity index (χ0n) is 10.8. The van der Waals surface area contributed by atoms with Crippen LogP contribution in [0.4, 0.5) is 0 Å². The quantitative estimate of drug-likeness (QED) is 0.828. The molecule has 1 aromatic carbocycles. The Morgan fingerprint density at radius 1 is 1.37 bits per heavy atom. The molecule has 19 heavy (non-hydrogen) atoms. The summed E-state index contributed by atoms with van der Waals surface area (Å²) in [7, 11) is -1.34. The summed E-state index contributed by atoms with van der Waals surface area (Å²) in [6.45, 7) is 1.97. The predicted molar refractivity (Wildman–Crippen MR) is 73.8 cm³/mol. The van der Waals surface area contributed by atoms with Gasteiger partial charge in [-0.1, -0.05) is 12.1 Å². The molecule has 6 heteroatoms. The smallest absolute Gasteiger partial charge is 0.263 e. The van der Waals surface area contributed by atoms with Gasteiger partial charge in [0.15, 0.2) is 0 Å². The van der Waals surface area contributed by atoms with Crippen LogP contribution >= 0.6 is 0 Å². The Morgan fingerprint density at radius 2 is 2.16 bits per heavy atom. The normalized spacial score (nSPS) is 28.1. The van der Waals surface area contributed by atoms with Crippen LogP contribution in [-0.4, -0.2) is 45.3 Å². The number of likely N-dealkylation sites (N-methyl/N-ethyl adjacent to an activating group) is 1. The van der Waals surface area contributed by atoms with E-state index in [1.54, 1.807) is 18.2 Å². The number of nitrogens with zero attached hydrogens (tertiary/aromatic N) is 2. The SMILES string of the molecule is CN1CCCC(N=C2NS(=O)(=O)c3ccccc32)C1. The number of amidine groups is 1. The molecule has 2 heterocycles. The van der Waals surface area contributed by atoms with E-state index in [1.807, 2.05) is 6.07 Å². The molecule has 2 aliphatic rings. The van der Waals surface area contributed by atoms with Gasteiger partial charge in [0.2, 0.25) is 0 Å². The fourth-order valence-electron chi connectivity index (χ4n) is 2.66. The Morgan fingerprint density at radius 3 is 2.95 bits per heavy atom. The number of benzene rings is 1. The van der Waals surface area contributed by atoms with Crippen LogP contribution in [0.1, 0.15) is 18.4 Å². The van der Waals surface area contributed by atoms with E-state index < -0.39 is 10.0 Å². The Hall–Kier alpha value is -1.40. The molecular formula is C13H17N3O2S. The van der Waals surface area contributed by atoms with Crippen LogP contribution in [-0.2, 0) is 10.0 Å². The van der Waals surface area contributed by atoms with Gasteiger partial charge in [-0.3, -0.25) is 9.71 Å². The van der Waals surface area contributed by atoms with Crippen molar-refractivity contribution < 1.29 is 8.42 Å². The number of aliphatic imine (C=N–C) groups is 1. The van der Waals surface area contributed by atoms with Gasteiger partial charge < -0.3 is 4.90 Å². The number of nitrogens with one attached hydrogen (secondary N) is 1. The highest BCUT2D eigenvalue weighted by Gasteiger charge is 2.31. The fourth-order valence-corrected chi connectivity index (χ4v) is 3.90. The van der Waals surface area contributed by atoms with Crippen molar-refractivity contribution in [3.05, 3.63) is 29.8 Å². The molecule has 1 fully saturated rings. The van der Waals surface area contributed by atoms with Crippen molar-refractivity contribution in [3.8, 4) is 0 Å². The molecule has 1 N–H and O–H groups in total. The summed E-state index contributed by atoms with van der Waals surface area (Å²) >= 11 is 0. The maximum Gasteiger partial charge on any atom is 0.263 e. The van der Waals surface area contributed by atoms with Crippen molar-refractivity contribution in [2.45, 2.75) is 23.8 Å². The number of likely N-dealkylation sites (tertiary alicyclic amines) is 1. The first kappa shape index (κ1) is 12.6. The lowest BCUT2D eigenvalue weighted by molar-refractivity contribution is 0.253. The lowest BCUT2D eigenvalue weighted by atomic mass is 10.1. The minimum atomic E-state index is -3.41. The molecule has 1 saturated heterocycles. The minimum Gasteiger partial charge on any atom is -0.304 e. The summed E-state index contributed by atoms with van der Waals surface area (Å²) < 4.78 is 26.5. The van der Waals surface area contributed by atoms with E-state index in [-0.39, 0.29) is 6.04 Å². The van der Waals surface area contributed by atoms with E-state index in [1.165, 1.54) is 0 Å². The van der Waals surface area contributed by atoms with E-state index in [9.17, 15) is 8.42 Å². The molecule has 5 nitrogen and oxygen atoms in total. The third-order valence-corrected chi connectivity index (χ3v) is 4.97. The summed E-state index contributed by atoms with van der Waals surface area (Å²) in [5, 5.41) is 0. The maximum absolute atomic E-state index is 12.0. The van der Waals surface area contributed by atoms with Crippen LogP contribution in [0.25, 0.3) is 0 Å². The van der Waals surface area contributed by atoms with E-state index in [4.69, 9.17) is 0 Å². The molecule has 3 rings (SSSR count). The van der Waals surface area contributed by atoms with Crippen LogP contribution in [0, 0.1) is 0 Å². The summed E-state index contributed by atoms with van der Waals surface area (Å²) in [5.74, 6) is 0.496. The molecule has 0 aliphatic carbocycles. The number of fused-ring (bicyclic) bond motifs is 1. The van der Waals surface area contributed by atoms with Crippen molar-refractivity contribution in [1.82, 2.24) is 9.62 Å². The van der Waals surface area contributed by atoms with E-state index in [0.29, 0.717) is 16.3 Å². The number of piperidine rings is 1. The third kappa shape index (κ3) is 2.37. The zero-order chi connectivity index (χ0) is 13.5. The Balaban J connectivity index is 1.95. The van der Waals surface area contributed by atoms with Crippen LogP contribution in [0.5, 0.6) is 0 Å². The third-order valence-electron chi connectivity index (χ3n) is 3.57. The standard InChI is InChI=1S/C13H17N3O2S/c1-16-8-4-5-10(9-16)14-13-11-6-2-3-7-12(11)19(17,18)15-13/h2-3,6-7,10H,4-5,8-9H2,1H3,(H,14,15). The number of hydrogen-bond donors (Lipinski definition) is 1. The van der Waals surface area contributed by atoms with Gasteiger partial charge in [0.1, 0.15) is 5.84 Å². The molecule has 0 spiro atoms. The monoisotopic (exact) mass is 279 g/mol. The van der Waals surface area contributed by atoms with Crippen LogP contribution in [0.15, 0.2) is 34.2 Å². The van der Waals surface area contributed by atoms with E-state index in [2.05, 4.69) is 21.7 Å². The molecule has 0 amide bonds. The molecule has 102 valence electrons. The lowest BCUT2D eigenvalue weighted by Crippen LogP contribution is -2.36. The predicted octanol–water partition coefficient (Wildman–Crippen LogP) is 0.819. The topological polar surface area (TPSA) is 61.8 Å². The zero-order valence-corrected chi connectivity index (χ0v) is 11.7. The van der Waals surface area contributed by atoms with Gasteiger partial charge in [0, 0.05) is 12.1 Å². The minimum absolute atomic E-state index is 0.169. The molecule has 0 saturated carbocycles. The molecule has 1 unspecified atom stereocenters. The molecule has 1 aromatic rings. The largest absolute Gasteiger partial charge is 0.304 e. The van der Waals surface area contributed by atoms with Gasteiger partial charge in [-0.25, -0.2) is 8.42 Å². The highest BCUT2D eigenvalue weighted by atomic mass is 32.2. The second-order valence-electron chi connectivity index (χ2n) is 5.14. The van der Waals surface area contributed by atoms with Crippen LogP contribution in [0.3, 0.4) is 0 Å². The maximum atomic E-state index is 12.0. The van der Waals surface area contributed by atoms with Gasteiger partial charge >= 0.3 is 0 Å². The second kappa shape index (κ2) is 4.61. The van der Waals surface area contributed by atoms with Crippen LogP contribution in [0.2, 0.25) is 0 Å².